The molecule has 0 amide bonds. The number of benzene rings is 1. The van der Waals surface area contributed by atoms with Crippen LogP contribution in [0.25, 0.3) is 10.9 Å². The molecule has 0 aliphatic carbocycles. The highest BCUT2D eigenvalue weighted by Crippen LogP contribution is 2.31. The molecule has 0 bridgehead atoms. The third-order valence-electron chi connectivity index (χ3n) is 2.24. The minimum absolute atomic E-state index is 0.182. The van der Waals surface area contributed by atoms with E-state index >= 15 is 0 Å². The van der Waals surface area contributed by atoms with Gasteiger partial charge in [0.05, 0.1) is 16.9 Å². The fourth-order valence-electron chi connectivity index (χ4n) is 1.40. The van der Waals surface area contributed by atoms with E-state index in [1.165, 1.54) is 18.2 Å². The van der Waals surface area contributed by atoms with Crippen molar-refractivity contribution in [3.8, 4) is 0 Å². The summed E-state index contributed by atoms with van der Waals surface area (Å²) in [6.07, 6.45) is -4.45. The Kier molecular flexibility index (Phi) is 2.15. The summed E-state index contributed by atoms with van der Waals surface area (Å²) >= 11 is 0. The Morgan fingerprint density at radius 2 is 1.69 bits per heavy atom. The molecule has 0 unspecified atom stereocenters. The van der Waals surface area contributed by atoms with Gasteiger partial charge in [-0.25, -0.2) is 4.98 Å². The second-order valence-electron chi connectivity index (χ2n) is 3.33. The van der Waals surface area contributed by atoms with E-state index in [0.717, 1.165) is 6.07 Å². The maximum Gasteiger partial charge on any atom is 0.433 e. The zero-order valence-electron chi connectivity index (χ0n) is 8.05. The number of pyridine rings is 1. The number of nitrogens with two attached hydrogens (primary N) is 2. The SMILES string of the molecule is Nc1ccc2nc(C(F)(F)F)ccc2c1N. The number of hydrogen-bond donors (Lipinski definition) is 2. The van der Waals surface area contributed by atoms with E-state index in [0.29, 0.717) is 11.1 Å². The molecule has 6 heteroatoms. The first kappa shape index (κ1) is 10.5. The van der Waals surface area contributed by atoms with E-state index in [2.05, 4.69) is 4.98 Å². The van der Waals surface area contributed by atoms with Gasteiger partial charge in [0, 0.05) is 5.39 Å². The molecule has 0 saturated heterocycles. The summed E-state index contributed by atoms with van der Waals surface area (Å²) in [5, 5.41) is 0.424. The monoisotopic (exact) mass is 227 g/mol. The number of rotatable bonds is 0. The van der Waals surface area contributed by atoms with Crippen LogP contribution in [0.5, 0.6) is 0 Å². The molecule has 3 nitrogen and oxygen atoms in total. The zero-order chi connectivity index (χ0) is 11.9. The molecule has 1 aromatic carbocycles. The Morgan fingerprint density at radius 1 is 1.00 bits per heavy atom. The zero-order valence-corrected chi connectivity index (χ0v) is 8.05. The van der Waals surface area contributed by atoms with Crippen molar-refractivity contribution < 1.29 is 13.2 Å². The van der Waals surface area contributed by atoms with Crippen LogP contribution in [-0.2, 0) is 6.18 Å². The summed E-state index contributed by atoms with van der Waals surface area (Å²) in [4.78, 5) is 3.49. The summed E-state index contributed by atoms with van der Waals surface area (Å²) in [6, 6.07) is 5.01. The summed E-state index contributed by atoms with van der Waals surface area (Å²) in [6.45, 7) is 0. The van der Waals surface area contributed by atoms with Crippen LogP contribution >= 0.6 is 0 Å². The van der Waals surface area contributed by atoms with Gasteiger partial charge in [-0.1, -0.05) is 0 Å². The lowest BCUT2D eigenvalue weighted by atomic mass is 10.1. The first-order chi connectivity index (χ1) is 7.39. The average Bonchev–Trinajstić information content (AvgIpc) is 2.22. The lowest BCUT2D eigenvalue weighted by Gasteiger charge is -2.08. The van der Waals surface area contributed by atoms with Gasteiger partial charge in [-0.2, -0.15) is 13.2 Å². The molecule has 0 aliphatic rings. The van der Waals surface area contributed by atoms with E-state index in [4.69, 9.17) is 11.5 Å². The number of hydrogen-bond acceptors (Lipinski definition) is 3. The molecule has 0 aliphatic heterocycles. The Balaban J connectivity index is 2.70. The highest BCUT2D eigenvalue weighted by molar-refractivity contribution is 5.96. The summed E-state index contributed by atoms with van der Waals surface area (Å²) in [5.41, 5.74) is 11.0. The van der Waals surface area contributed by atoms with Crippen LogP contribution in [-0.4, -0.2) is 4.98 Å². The Hall–Kier alpha value is -1.98. The van der Waals surface area contributed by atoms with Crippen LogP contribution in [0.1, 0.15) is 5.69 Å². The van der Waals surface area contributed by atoms with Crippen LogP contribution < -0.4 is 11.5 Å². The van der Waals surface area contributed by atoms with E-state index in [-0.39, 0.29) is 11.2 Å². The predicted octanol–water partition coefficient (Wildman–Crippen LogP) is 2.42. The van der Waals surface area contributed by atoms with Gasteiger partial charge in [0.15, 0.2) is 0 Å². The topological polar surface area (TPSA) is 64.9 Å². The molecule has 4 N–H and O–H groups in total. The number of fused-ring (bicyclic) bond motifs is 1. The van der Waals surface area contributed by atoms with Crippen molar-refractivity contribution in [2.45, 2.75) is 6.18 Å². The minimum atomic E-state index is -4.45. The predicted molar refractivity (Wildman–Crippen MR) is 55.6 cm³/mol. The van der Waals surface area contributed by atoms with Gasteiger partial charge in [0.1, 0.15) is 5.69 Å². The molecule has 2 rings (SSSR count). The second kappa shape index (κ2) is 3.26. The van der Waals surface area contributed by atoms with Crippen molar-refractivity contribution in [2.24, 2.45) is 0 Å². The van der Waals surface area contributed by atoms with Gasteiger partial charge >= 0.3 is 6.18 Å². The van der Waals surface area contributed by atoms with Gasteiger partial charge < -0.3 is 11.5 Å². The molecular weight excluding hydrogens is 219 g/mol. The summed E-state index contributed by atoms with van der Waals surface area (Å²) in [5.74, 6) is 0. The Labute approximate surface area is 88.9 Å². The quantitative estimate of drug-likeness (QED) is 0.679. The maximum atomic E-state index is 12.4. The highest BCUT2D eigenvalue weighted by atomic mass is 19.4. The molecule has 0 spiro atoms. The number of nitrogens with zero attached hydrogens (tertiary/aromatic N) is 1. The van der Waals surface area contributed by atoms with Crippen molar-refractivity contribution in [3.05, 3.63) is 30.0 Å². The smallest absolute Gasteiger partial charge is 0.397 e. The summed E-state index contributed by atoms with van der Waals surface area (Å²) < 4.78 is 37.1. The van der Waals surface area contributed by atoms with E-state index in [1.54, 1.807) is 0 Å². The van der Waals surface area contributed by atoms with Crippen molar-refractivity contribution >= 4 is 22.3 Å². The van der Waals surface area contributed by atoms with Crippen LogP contribution in [0.4, 0.5) is 24.5 Å². The number of nitrogen functional groups attached to an aromatic ring is 2. The van der Waals surface area contributed by atoms with Crippen molar-refractivity contribution in [2.75, 3.05) is 11.5 Å². The Bertz CT molecular complexity index is 549. The summed E-state index contributed by atoms with van der Waals surface area (Å²) in [7, 11) is 0. The molecule has 0 radical (unpaired) electrons. The first-order valence-electron chi connectivity index (χ1n) is 4.41. The molecule has 0 atom stereocenters. The van der Waals surface area contributed by atoms with Crippen LogP contribution in [0.3, 0.4) is 0 Å². The van der Waals surface area contributed by atoms with Crippen molar-refractivity contribution in [1.29, 1.82) is 0 Å². The van der Waals surface area contributed by atoms with Crippen LogP contribution in [0, 0.1) is 0 Å². The standard InChI is InChI=1S/C10H8F3N3/c11-10(12,13)8-4-1-5-7(16-8)3-2-6(14)9(5)15/h1-4H,14-15H2. The first-order valence-corrected chi connectivity index (χ1v) is 4.41. The molecular formula is C10H8F3N3. The van der Waals surface area contributed by atoms with Crippen molar-refractivity contribution in [3.63, 3.8) is 0 Å². The third-order valence-corrected chi connectivity index (χ3v) is 2.24. The lowest BCUT2D eigenvalue weighted by Crippen LogP contribution is -2.08. The van der Waals surface area contributed by atoms with E-state index in [9.17, 15) is 13.2 Å². The minimum Gasteiger partial charge on any atom is -0.397 e. The fraction of sp³-hybridized carbons (Fsp3) is 0.100. The lowest BCUT2D eigenvalue weighted by molar-refractivity contribution is -0.140. The van der Waals surface area contributed by atoms with Crippen LogP contribution in [0.2, 0.25) is 0 Å². The molecule has 1 aromatic heterocycles. The molecule has 1 heterocycles. The molecule has 0 fully saturated rings. The van der Waals surface area contributed by atoms with Gasteiger partial charge in [0.2, 0.25) is 0 Å². The van der Waals surface area contributed by atoms with Crippen LogP contribution in [0.15, 0.2) is 24.3 Å². The molecule has 16 heavy (non-hydrogen) atoms. The average molecular weight is 227 g/mol. The normalized spacial score (nSPS) is 11.9. The van der Waals surface area contributed by atoms with Crippen molar-refractivity contribution in [1.82, 2.24) is 4.98 Å². The van der Waals surface area contributed by atoms with Gasteiger partial charge in [0.25, 0.3) is 0 Å². The molecule has 0 saturated carbocycles. The van der Waals surface area contributed by atoms with E-state index < -0.39 is 11.9 Å². The molecule has 2 aromatic rings. The van der Waals surface area contributed by atoms with Gasteiger partial charge in [-0.15, -0.1) is 0 Å². The third kappa shape index (κ3) is 1.62. The number of alkyl halides is 3. The fourth-order valence-corrected chi connectivity index (χ4v) is 1.40. The maximum absolute atomic E-state index is 12.4. The second-order valence-corrected chi connectivity index (χ2v) is 3.33. The van der Waals surface area contributed by atoms with Gasteiger partial charge in [-0.05, 0) is 24.3 Å². The van der Waals surface area contributed by atoms with E-state index in [1.807, 2.05) is 0 Å². The highest BCUT2D eigenvalue weighted by Gasteiger charge is 2.32. The van der Waals surface area contributed by atoms with Gasteiger partial charge in [-0.3, -0.25) is 0 Å². The number of aromatic nitrogens is 1. The molecule has 84 valence electrons. The Morgan fingerprint density at radius 3 is 2.31 bits per heavy atom. The number of halogens is 3. The number of anilines is 2. The largest absolute Gasteiger partial charge is 0.433 e.